The van der Waals surface area contributed by atoms with Crippen LogP contribution in [-0.4, -0.2) is 22.6 Å². The minimum Gasteiger partial charge on any atom is -0.484 e. The summed E-state index contributed by atoms with van der Waals surface area (Å²) in [4.78, 5) is 20.2. The maximum atomic E-state index is 12.3. The summed E-state index contributed by atoms with van der Waals surface area (Å²) in [6, 6.07) is 26.8. The molecule has 0 radical (unpaired) electrons. The molecule has 5 rings (SSSR count). The summed E-state index contributed by atoms with van der Waals surface area (Å²) in [5.74, 6) is 0.429. The molecular weight excluding hydrogens is 544 g/mol. The highest BCUT2D eigenvalue weighted by molar-refractivity contribution is 9.11. The van der Waals surface area contributed by atoms with Crippen molar-refractivity contribution in [3.8, 4) is 5.75 Å². The molecule has 1 aliphatic heterocycles. The van der Waals surface area contributed by atoms with Crippen LogP contribution in [0, 0.1) is 0 Å². The molecule has 9 heteroatoms. The van der Waals surface area contributed by atoms with E-state index in [1.807, 2.05) is 78.9 Å². The third-order valence-electron chi connectivity index (χ3n) is 5.53. The number of hydrogen-bond donors (Lipinski definition) is 2. The van der Waals surface area contributed by atoms with Gasteiger partial charge in [-0.1, -0.05) is 24.3 Å². The number of aromatic nitrogens is 1. The van der Waals surface area contributed by atoms with Gasteiger partial charge in [0.2, 0.25) is 0 Å². The van der Waals surface area contributed by atoms with Gasteiger partial charge in [0.25, 0.3) is 5.91 Å². The van der Waals surface area contributed by atoms with Gasteiger partial charge in [-0.25, -0.2) is 0 Å². The summed E-state index contributed by atoms with van der Waals surface area (Å²) < 4.78 is 6.58. The molecule has 6 nitrogen and oxygen atoms in total. The minimum atomic E-state index is -0.225. The zero-order valence-corrected chi connectivity index (χ0v) is 21.6. The van der Waals surface area contributed by atoms with Gasteiger partial charge in [-0.05, 0) is 88.8 Å². The summed E-state index contributed by atoms with van der Waals surface area (Å²) in [6.45, 7) is -0.0625. The van der Waals surface area contributed by atoms with Crippen LogP contribution in [0.3, 0.4) is 0 Å². The zero-order valence-electron chi connectivity index (χ0n) is 18.4. The molecule has 2 N–H and O–H groups in total. The second-order valence-corrected chi connectivity index (χ2v) is 10.7. The van der Waals surface area contributed by atoms with Crippen LogP contribution in [0.5, 0.6) is 5.75 Å². The lowest BCUT2D eigenvalue weighted by Crippen LogP contribution is -2.29. The fourth-order valence-electron chi connectivity index (χ4n) is 3.98. The quantitative estimate of drug-likeness (QED) is 0.264. The molecule has 3 heterocycles. The number of benzene rings is 2. The summed E-state index contributed by atoms with van der Waals surface area (Å²) in [6.07, 6.45) is 1.79. The number of thiocarbonyl (C=S) groups is 1. The van der Waals surface area contributed by atoms with E-state index in [-0.39, 0.29) is 24.6 Å². The zero-order chi connectivity index (χ0) is 24.2. The van der Waals surface area contributed by atoms with Crippen molar-refractivity contribution in [2.75, 3.05) is 16.8 Å². The van der Waals surface area contributed by atoms with Crippen LogP contribution in [0.25, 0.3) is 0 Å². The molecule has 1 amide bonds. The molecule has 2 aromatic carbocycles. The van der Waals surface area contributed by atoms with Crippen LogP contribution in [-0.2, 0) is 4.79 Å². The van der Waals surface area contributed by atoms with Crippen LogP contribution < -0.4 is 20.3 Å². The Morgan fingerprint density at radius 3 is 2.51 bits per heavy atom. The number of carbonyl (C=O) groups is 1. The van der Waals surface area contributed by atoms with Crippen molar-refractivity contribution in [2.24, 2.45) is 0 Å². The third-order valence-corrected chi connectivity index (χ3v) is 7.53. The van der Waals surface area contributed by atoms with E-state index < -0.39 is 0 Å². The maximum absolute atomic E-state index is 12.3. The van der Waals surface area contributed by atoms with Gasteiger partial charge in [-0.15, -0.1) is 11.3 Å². The van der Waals surface area contributed by atoms with Crippen molar-refractivity contribution in [1.29, 1.82) is 0 Å². The minimum absolute atomic E-state index is 0.0617. The number of hydrogen-bond acceptors (Lipinski definition) is 5. The Labute approximate surface area is 221 Å². The molecule has 2 atom stereocenters. The molecule has 176 valence electrons. The Kier molecular flexibility index (Phi) is 7.08. The molecule has 1 aliphatic rings. The fraction of sp³-hybridized carbons (Fsp3) is 0.115. The molecule has 0 spiro atoms. The summed E-state index contributed by atoms with van der Waals surface area (Å²) >= 11 is 11.0. The molecule has 0 bridgehead atoms. The first-order valence-electron chi connectivity index (χ1n) is 10.9. The van der Waals surface area contributed by atoms with E-state index in [0.29, 0.717) is 16.5 Å². The number of carbonyl (C=O) groups excluding carboxylic acids is 1. The molecule has 4 aromatic rings. The van der Waals surface area contributed by atoms with Gasteiger partial charge in [0, 0.05) is 22.4 Å². The van der Waals surface area contributed by atoms with E-state index in [9.17, 15) is 4.79 Å². The number of halogens is 1. The lowest BCUT2D eigenvalue weighted by Gasteiger charge is -2.27. The number of rotatable bonds is 7. The normalized spacial score (nSPS) is 17.2. The largest absolute Gasteiger partial charge is 0.484 e. The highest BCUT2D eigenvalue weighted by atomic mass is 79.9. The molecule has 0 aliphatic carbocycles. The lowest BCUT2D eigenvalue weighted by molar-refractivity contribution is -0.118. The molecule has 1 saturated heterocycles. The van der Waals surface area contributed by atoms with Gasteiger partial charge in [-0.2, -0.15) is 0 Å². The number of nitrogens with one attached hydrogen (secondary N) is 2. The second-order valence-electron chi connectivity index (χ2n) is 7.84. The highest BCUT2D eigenvalue weighted by Crippen LogP contribution is 2.44. The number of amides is 1. The molecule has 35 heavy (non-hydrogen) atoms. The second kappa shape index (κ2) is 10.6. The van der Waals surface area contributed by atoms with Crippen molar-refractivity contribution in [3.05, 3.63) is 105 Å². The monoisotopic (exact) mass is 564 g/mol. The number of pyridine rings is 1. The predicted octanol–water partition coefficient (Wildman–Crippen LogP) is 6.10. The van der Waals surface area contributed by atoms with Gasteiger partial charge in [0.15, 0.2) is 11.7 Å². The standard InChI is InChI=1S/C26H21BrN4O2S2/c27-22-14-13-21(35-22)25-24(20-8-4-5-15-28-20)30-26(34)31(25)18-11-9-17(10-12-18)29-23(32)16-33-19-6-2-1-3-7-19/h1-15,24-25H,16H2,(H,29,32)(H,30,34). The van der Waals surface area contributed by atoms with Gasteiger partial charge in [-0.3, -0.25) is 9.78 Å². The summed E-state index contributed by atoms with van der Waals surface area (Å²) in [5, 5.41) is 6.96. The smallest absolute Gasteiger partial charge is 0.262 e. The van der Waals surface area contributed by atoms with E-state index in [1.165, 1.54) is 0 Å². The fourth-order valence-corrected chi connectivity index (χ4v) is 5.88. The SMILES string of the molecule is O=C(COc1ccccc1)Nc1ccc(N2C(=S)NC(c3ccccn3)C2c2ccc(Br)s2)cc1. The molecule has 1 fully saturated rings. The van der Waals surface area contributed by atoms with Crippen molar-refractivity contribution in [1.82, 2.24) is 10.3 Å². The van der Waals surface area contributed by atoms with E-state index in [2.05, 4.69) is 42.5 Å². The average molecular weight is 566 g/mol. The third kappa shape index (κ3) is 5.37. The first kappa shape index (κ1) is 23.5. The van der Waals surface area contributed by atoms with Crippen LogP contribution in [0.15, 0.2) is 94.9 Å². The van der Waals surface area contributed by atoms with Gasteiger partial charge in [0.1, 0.15) is 5.75 Å². The summed E-state index contributed by atoms with van der Waals surface area (Å²) in [7, 11) is 0. The number of para-hydroxylation sites is 1. The van der Waals surface area contributed by atoms with E-state index >= 15 is 0 Å². The van der Waals surface area contributed by atoms with Gasteiger partial charge in [0.05, 0.1) is 21.6 Å². The van der Waals surface area contributed by atoms with Crippen molar-refractivity contribution >= 4 is 61.9 Å². The van der Waals surface area contributed by atoms with E-state index in [1.54, 1.807) is 17.5 Å². The van der Waals surface area contributed by atoms with Crippen LogP contribution in [0.1, 0.15) is 22.7 Å². The van der Waals surface area contributed by atoms with Gasteiger partial charge < -0.3 is 20.3 Å². The Morgan fingerprint density at radius 1 is 1.06 bits per heavy atom. The van der Waals surface area contributed by atoms with E-state index in [0.717, 1.165) is 20.0 Å². The molecule has 2 unspecified atom stereocenters. The molecular formula is C26H21BrN4O2S2. The number of ether oxygens (including phenoxy) is 1. The van der Waals surface area contributed by atoms with Crippen molar-refractivity contribution in [2.45, 2.75) is 12.1 Å². The summed E-state index contributed by atoms with van der Waals surface area (Å²) in [5.41, 5.74) is 2.54. The van der Waals surface area contributed by atoms with E-state index in [4.69, 9.17) is 17.0 Å². The van der Waals surface area contributed by atoms with Crippen LogP contribution in [0.2, 0.25) is 0 Å². The number of thiophene rings is 1. The Balaban J connectivity index is 1.34. The first-order chi connectivity index (χ1) is 17.1. The maximum Gasteiger partial charge on any atom is 0.262 e. The Bertz CT molecular complexity index is 1320. The lowest BCUT2D eigenvalue weighted by atomic mass is 10.0. The average Bonchev–Trinajstić information content (AvgIpc) is 3.47. The molecule has 2 aromatic heterocycles. The van der Waals surface area contributed by atoms with Crippen molar-refractivity contribution in [3.63, 3.8) is 0 Å². The topological polar surface area (TPSA) is 66.5 Å². The number of nitrogens with zero attached hydrogens (tertiary/aromatic N) is 2. The Morgan fingerprint density at radius 2 is 1.83 bits per heavy atom. The van der Waals surface area contributed by atoms with Crippen molar-refractivity contribution < 1.29 is 9.53 Å². The van der Waals surface area contributed by atoms with Crippen LogP contribution in [0.4, 0.5) is 11.4 Å². The predicted molar refractivity (Wildman–Crippen MR) is 147 cm³/mol. The Hall–Kier alpha value is -3.27. The highest BCUT2D eigenvalue weighted by Gasteiger charge is 2.41. The van der Waals surface area contributed by atoms with Gasteiger partial charge >= 0.3 is 0 Å². The van der Waals surface area contributed by atoms with Crippen LogP contribution >= 0.6 is 39.5 Å². The number of anilines is 2. The first-order valence-corrected chi connectivity index (χ1v) is 12.9. The molecule has 0 saturated carbocycles.